The minimum atomic E-state index is -0.0521. The molecule has 1 atom stereocenters. The van der Waals surface area contributed by atoms with Crippen LogP contribution in [0.25, 0.3) is 0 Å². The van der Waals surface area contributed by atoms with Gasteiger partial charge >= 0.3 is 0 Å². The number of nitrogens with one attached hydrogen (secondary N) is 1. The van der Waals surface area contributed by atoms with Crippen molar-refractivity contribution in [3.05, 3.63) is 0 Å². The van der Waals surface area contributed by atoms with E-state index in [1.165, 1.54) is 0 Å². The topological polar surface area (TPSA) is 55.1 Å². The van der Waals surface area contributed by atoms with E-state index >= 15 is 0 Å². The largest absolute Gasteiger partial charge is 0.356 e. The zero-order valence-corrected chi connectivity index (χ0v) is 10.8. The molecule has 0 fully saturated rings. The van der Waals surface area contributed by atoms with Crippen molar-refractivity contribution >= 4 is 5.91 Å². The van der Waals surface area contributed by atoms with Crippen LogP contribution in [-0.2, 0) is 4.79 Å². The lowest BCUT2D eigenvalue weighted by Crippen LogP contribution is -2.38. The van der Waals surface area contributed by atoms with E-state index in [-0.39, 0.29) is 17.2 Å². The van der Waals surface area contributed by atoms with Crippen molar-refractivity contribution in [1.29, 1.82) is 0 Å². The summed E-state index contributed by atoms with van der Waals surface area (Å²) >= 11 is 0. The number of carbonyl (C=O) groups excluding carboxylic acids is 1. The summed E-state index contributed by atoms with van der Waals surface area (Å²) in [4.78, 5) is 11.8. The Balaban J connectivity index is 4.11. The lowest BCUT2D eigenvalue weighted by Gasteiger charge is -2.24. The SMILES string of the molecule is CC(C)CNC(=O)C(CN)CC(C)(C)C. The van der Waals surface area contributed by atoms with Gasteiger partial charge in [0.25, 0.3) is 0 Å². The van der Waals surface area contributed by atoms with Crippen molar-refractivity contribution in [2.75, 3.05) is 13.1 Å². The van der Waals surface area contributed by atoms with Crippen LogP contribution in [0.2, 0.25) is 0 Å². The maximum atomic E-state index is 11.8. The lowest BCUT2D eigenvalue weighted by molar-refractivity contribution is -0.125. The minimum Gasteiger partial charge on any atom is -0.356 e. The Morgan fingerprint density at radius 1 is 1.33 bits per heavy atom. The van der Waals surface area contributed by atoms with Crippen LogP contribution in [0.5, 0.6) is 0 Å². The second kappa shape index (κ2) is 6.11. The molecule has 0 aromatic carbocycles. The Morgan fingerprint density at radius 2 is 1.87 bits per heavy atom. The summed E-state index contributed by atoms with van der Waals surface area (Å²) < 4.78 is 0. The maximum absolute atomic E-state index is 11.8. The number of nitrogens with two attached hydrogens (primary N) is 1. The fraction of sp³-hybridized carbons (Fsp3) is 0.917. The molecule has 0 heterocycles. The van der Waals surface area contributed by atoms with E-state index in [1.54, 1.807) is 0 Å². The Morgan fingerprint density at radius 3 is 2.20 bits per heavy atom. The second-order valence-corrected chi connectivity index (χ2v) is 5.84. The number of carbonyl (C=O) groups is 1. The monoisotopic (exact) mass is 214 g/mol. The Hall–Kier alpha value is -0.570. The molecule has 0 aromatic heterocycles. The molecule has 1 amide bonds. The van der Waals surface area contributed by atoms with E-state index in [9.17, 15) is 4.79 Å². The molecule has 0 saturated heterocycles. The van der Waals surface area contributed by atoms with E-state index in [1.807, 2.05) is 0 Å². The lowest BCUT2D eigenvalue weighted by atomic mass is 9.84. The third kappa shape index (κ3) is 7.37. The predicted octanol–water partition coefficient (Wildman–Crippen LogP) is 1.77. The highest BCUT2D eigenvalue weighted by Crippen LogP contribution is 2.23. The first-order valence-corrected chi connectivity index (χ1v) is 5.74. The molecule has 15 heavy (non-hydrogen) atoms. The van der Waals surface area contributed by atoms with Crippen LogP contribution in [0.4, 0.5) is 0 Å². The van der Waals surface area contributed by atoms with Gasteiger partial charge in [0, 0.05) is 13.1 Å². The van der Waals surface area contributed by atoms with Crippen LogP contribution < -0.4 is 11.1 Å². The maximum Gasteiger partial charge on any atom is 0.224 e. The van der Waals surface area contributed by atoms with E-state index in [2.05, 4.69) is 39.9 Å². The zero-order valence-electron chi connectivity index (χ0n) is 10.8. The molecule has 0 aromatic rings. The summed E-state index contributed by atoms with van der Waals surface area (Å²) in [6, 6.07) is 0. The van der Waals surface area contributed by atoms with Crippen molar-refractivity contribution in [3.8, 4) is 0 Å². The first-order chi connectivity index (χ1) is 6.76. The minimum absolute atomic E-state index is 0.0521. The van der Waals surface area contributed by atoms with Crippen molar-refractivity contribution in [2.45, 2.75) is 41.0 Å². The van der Waals surface area contributed by atoms with Gasteiger partial charge in [-0.15, -0.1) is 0 Å². The fourth-order valence-electron chi connectivity index (χ4n) is 1.47. The molecule has 0 aliphatic heterocycles. The Kier molecular flexibility index (Phi) is 5.88. The number of amides is 1. The average molecular weight is 214 g/mol. The van der Waals surface area contributed by atoms with Gasteiger partial charge in [-0.3, -0.25) is 4.79 Å². The van der Waals surface area contributed by atoms with E-state index < -0.39 is 0 Å². The number of rotatable bonds is 5. The third-order valence-electron chi connectivity index (χ3n) is 2.20. The molecule has 0 saturated carbocycles. The summed E-state index contributed by atoms with van der Waals surface area (Å²) in [6.45, 7) is 11.7. The highest BCUT2D eigenvalue weighted by Gasteiger charge is 2.23. The van der Waals surface area contributed by atoms with Gasteiger partial charge in [-0.1, -0.05) is 34.6 Å². The van der Waals surface area contributed by atoms with Gasteiger partial charge in [-0.25, -0.2) is 0 Å². The number of hydrogen-bond donors (Lipinski definition) is 2. The van der Waals surface area contributed by atoms with Crippen molar-refractivity contribution in [2.24, 2.45) is 23.0 Å². The van der Waals surface area contributed by atoms with Gasteiger partial charge in [0.2, 0.25) is 5.91 Å². The van der Waals surface area contributed by atoms with E-state index in [0.29, 0.717) is 12.5 Å². The smallest absolute Gasteiger partial charge is 0.224 e. The number of hydrogen-bond acceptors (Lipinski definition) is 2. The molecule has 0 aliphatic carbocycles. The molecular formula is C12H26N2O. The van der Waals surface area contributed by atoms with Crippen molar-refractivity contribution in [3.63, 3.8) is 0 Å². The summed E-state index contributed by atoms with van der Waals surface area (Å²) in [5, 5.41) is 2.94. The molecule has 3 nitrogen and oxygen atoms in total. The van der Waals surface area contributed by atoms with Gasteiger partial charge in [0.1, 0.15) is 0 Å². The van der Waals surface area contributed by atoms with Gasteiger partial charge in [0.05, 0.1) is 5.92 Å². The molecule has 90 valence electrons. The van der Waals surface area contributed by atoms with Crippen molar-refractivity contribution < 1.29 is 4.79 Å². The fourth-order valence-corrected chi connectivity index (χ4v) is 1.47. The molecule has 3 heteroatoms. The molecule has 0 radical (unpaired) electrons. The molecule has 3 N–H and O–H groups in total. The van der Waals surface area contributed by atoms with Gasteiger partial charge in [-0.2, -0.15) is 0 Å². The first kappa shape index (κ1) is 14.4. The molecule has 1 unspecified atom stereocenters. The predicted molar refractivity (Wildman–Crippen MR) is 64.5 cm³/mol. The van der Waals surface area contributed by atoms with E-state index in [4.69, 9.17) is 5.73 Å². The molecular weight excluding hydrogens is 188 g/mol. The molecule has 0 bridgehead atoms. The van der Waals surface area contributed by atoms with Crippen LogP contribution in [-0.4, -0.2) is 19.0 Å². The first-order valence-electron chi connectivity index (χ1n) is 5.74. The second-order valence-electron chi connectivity index (χ2n) is 5.84. The third-order valence-corrected chi connectivity index (χ3v) is 2.20. The average Bonchev–Trinajstić information content (AvgIpc) is 2.08. The zero-order chi connectivity index (χ0) is 12.1. The summed E-state index contributed by atoms with van der Waals surface area (Å²) in [6.07, 6.45) is 0.841. The molecule has 0 aliphatic rings. The molecule has 0 spiro atoms. The molecule has 0 rings (SSSR count). The van der Waals surface area contributed by atoms with Gasteiger partial charge < -0.3 is 11.1 Å². The van der Waals surface area contributed by atoms with Crippen LogP contribution in [0.1, 0.15) is 41.0 Å². The van der Waals surface area contributed by atoms with Crippen LogP contribution in [0.15, 0.2) is 0 Å². The quantitative estimate of drug-likeness (QED) is 0.733. The summed E-state index contributed by atoms with van der Waals surface area (Å²) in [7, 11) is 0. The van der Waals surface area contributed by atoms with Crippen molar-refractivity contribution in [1.82, 2.24) is 5.32 Å². The standard InChI is InChI=1S/C12H26N2O/c1-9(2)8-14-11(15)10(7-13)6-12(3,4)5/h9-10H,6-8,13H2,1-5H3,(H,14,15). The Labute approximate surface area is 93.8 Å². The van der Waals surface area contributed by atoms with Crippen LogP contribution >= 0.6 is 0 Å². The van der Waals surface area contributed by atoms with Gasteiger partial charge in [-0.05, 0) is 17.8 Å². The summed E-state index contributed by atoms with van der Waals surface area (Å²) in [5.41, 5.74) is 5.78. The highest BCUT2D eigenvalue weighted by atomic mass is 16.1. The van der Waals surface area contributed by atoms with Crippen LogP contribution in [0.3, 0.4) is 0 Å². The van der Waals surface area contributed by atoms with Gasteiger partial charge in [0.15, 0.2) is 0 Å². The highest BCUT2D eigenvalue weighted by molar-refractivity contribution is 5.78. The van der Waals surface area contributed by atoms with E-state index in [0.717, 1.165) is 13.0 Å². The normalized spacial score (nSPS) is 14.1. The summed E-state index contributed by atoms with van der Waals surface area (Å²) in [5.74, 6) is 0.534. The Bertz CT molecular complexity index is 194. The van der Waals surface area contributed by atoms with Crippen LogP contribution in [0, 0.1) is 17.3 Å².